The van der Waals surface area contributed by atoms with Crippen LogP contribution in [0.15, 0.2) is 18.2 Å². The highest BCUT2D eigenvalue weighted by Crippen LogP contribution is 2.26. The van der Waals surface area contributed by atoms with E-state index in [1.807, 2.05) is 6.92 Å². The van der Waals surface area contributed by atoms with E-state index in [4.69, 9.17) is 0 Å². The van der Waals surface area contributed by atoms with Gasteiger partial charge in [0.1, 0.15) is 5.82 Å². The molecule has 0 atom stereocenters. The summed E-state index contributed by atoms with van der Waals surface area (Å²) in [4.78, 5) is 15.4. The highest BCUT2D eigenvalue weighted by atomic mass is 19.1. The zero-order valence-corrected chi connectivity index (χ0v) is 10.9. The summed E-state index contributed by atoms with van der Waals surface area (Å²) in [6, 6.07) is 5.06. The Morgan fingerprint density at radius 3 is 2.84 bits per heavy atom. The van der Waals surface area contributed by atoms with Crippen molar-refractivity contribution in [2.45, 2.75) is 38.6 Å². The number of fused-ring (bicyclic) bond motifs is 1. The minimum Gasteiger partial charge on any atom is -0.358 e. The first kappa shape index (κ1) is 12.2. The summed E-state index contributed by atoms with van der Waals surface area (Å²) in [5, 5.41) is 3.41. The number of aromatic amines is 1. The quantitative estimate of drug-likeness (QED) is 0.855. The number of hydrogen-bond acceptors (Lipinski definition) is 1. The maximum absolute atomic E-state index is 13.9. The molecule has 19 heavy (non-hydrogen) atoms. The van der Waals surface area contributed by atoms with Crippen molar-refractivity contribution in [3.8, 4) is 0 Å². The van der Waals surface area contributed by atoms with Crippen LogP contribution in [0.2, 0.25) is 0 Å². The van der Waals surface area contributed by atoms with E-state index in [9.17, 15) is 9.18 Å². The third-order valence-electron chi connectivity index (χ3n) is 3.88. The standard InChI is InChI=1S/C15H17FN2O/c1-9-13(15(19)18-10-5-2-3-6-10)14-11(16)7-4-8-12(14)17-9/h4,7-8,10,17H,2-3,5-6H2,1H3,(H,18,19). The molecular formula is C15H17FN2O. The Morgan fingerprint density at radius 1 is 1.37 bits per heavy atom. The molecule has 100 valence electrons. The van der Waals surface area contributed by atoms with Gasteiger partial charge in [0.15, 0.2) is 0 Å². The number of amides is 1. The lowest BCUT2D eigenvalue weighted by Crippen LogP contribution is -2.32. The second kappa shape index (κ2) is 4.68. The van der Waals surface area contributed by atoms with Crippen molar-refractivity contribution in [2.24, 2.45) is 0 Å². The van der Waals surface area contributed by atoms with E-state index in [-0.39, 0.29) is 17.8 Å². The summed E-state index contributed by atoms with van der Waals surface area (Å²) < 4.78 is 13.9. The van der Waals surface area contributed by atoms with Crippen molar-refractivity contribution in [2.75, 3.05) is 0 Å². The van der Waals surface area contributed by atoms with E-state index in [1.165, 1.54) is 6.07 Å². The second-order valence-corrected chi connectivity index (χ2v) is 5.24. The lowest BCUT2D eigenvalue weighted by molar-refractivity contribution is 0.0938. The normalized spacial score (nSPS) is 16.1. The summed E-state index contributed by atoms with van der Waals surface area (Å²) in [7, 11) is 0. The van der Waals surface area contributed by atoms with Crippen LogP contribution in [0.25, 0.3) is 10.9 Å². The van der Waals surface area contributed by atoms with Gasteiger partial charge in [-0.3, -0.25) is 4.79 Å². The van der Waals surface area contributed by atoms with Gasteiger partial charge in [0, 0.05) is 22.6 Å². The molecule has 1 fully saturated rings. The molecule has 1 aliphatic rings. The number of carbonyl (C=O) groups is 1. The van der Waals surface area contributed by atoms with E-state index in [0.717, 1.165) is 31.4 Å². The Kier molecular flexibility index (Phi) is 3.01. The summed E-state index contributed by atoms with van der Waals surface area (Å²) in [6.07, 6.45) is 4.36. The number of rotatable bonds is 2. The largest absolute Gasteiger partial charge is 0.358 e. The highest BCUT2D eigenvalue weighted by molar-refractivity contribution is 6.08. The third-order valence-corrected chi connectivity index (χ3v) is 3.88. The Bertz CT molecular complexity index is 626. The van der Waals surface area contributed by atoms with Crippen molar-refractivity contribution in [3.05, 3.63) is 35.3 Å². The minimum atomic E-state index is -0.349. The van der Waals surface area contributed by atoms with Gasteiger partial charge in [-0.25, -0.2) is 4.39 Å². The predicted molar refractivity (Wildman–Crippen MR) is 72.7 cm³/mol. The second-order valence-electron chi connectivity index (χ2n) is 5.24. The molecule has 2 N–H and O–H groups in total. The van der Waals surface area contributed by atoms with Gasteiger partial charge in [-0.15, -0.1) is 0 Å². The maximum Gasteiger partial charge on any atom is 0.254 e. The third kappa shape index (κ3) is 2.11. The molecule has 1 aromatic carbocycles. The van der Waals surface area contributed by atoms with Crippen LogP contribution in [0.5, 0.6) is 0 Å². The van der Waals surface area contributed by atoms with Gasteiger partial charge in [-0.05, 0) is 31.9 Å². The SMILES string of the molecule is Cc1[nH]c2cccc(F)c2c1C(=O)NC1CCCC1. The minimum absolute atomic E-state index is 0.166. The van der Waals surface area contributed by atoms with Crippen LogP contribution in [0.4, 0.5) is 4.39 Å². The number of benzene rings is 1. The smallest absolute Gasteiger partial charge is 0.254 e. The first-order valence-electron chi connectivity index (χ1n) is 6.74. The number of hydrogen-bond donors (Lipinski definition) is 2. The molecule has 0 radical (unpaired) electrons. The van der Waals surface area contributed by atoms with Gasteiger partial charge in [0.05, 0.1) is 5.56 Å². The van der Waals surface area contributed by atoms with E-state index >= 15 is 0 Å². The number of H-pyrrole nitrogens is 1. The van der Waals surface area contributed by atoms with Gasteiger partial charge >= 0.3 is 0 Å². The Labute approximate surface area is 111 Å². The van der Waals surface area contributed by atoms with Gasteiger partial charge in [0.2, 0.25) is 0 Å². The maximum atomic E-state index is 13.9. The average molecular weight is 260 g/mol. The van der Waals surface area contributed by atoms with E-state index in [0.29, 0.717) is 16.5 Å². The van der Waals surface area contributed by atoms with Gasteiger partial charge in [-0.2, -0.15) is 0 Å². The number of aromatic nitrogens is 1. The fourth-order valence-corrected chi connectivity index (χ4v) is 2.95. The Balaban J connectivity index is 1.99. The van der Waals surface area contributed by atoms with Crippen LogP contribution in [-0.4, -0.2) is 16.9 Å². The molecule has 3 nitrogen and oxygen atoms in total. The fourth-order valence-electron chi connectivity index (χ4n) is 2.95. The molecule has 1 saturated carbocycles. The number of halogens is 1. The molecule has 3 rings (SSSR count). The monoisotopic (exact) mass is 260 g/mol. The topological polar surface area (TPSA) is 44.9 Å². The fraction of sp³-hybridized carbons (Fsp3) is 0.400. The number of carbonyl (C=O) groups excluding carboxylic acids is 1. The Morgan fingerprint density at radius 2 is 2.11 bits per heavy atom. The molecule has 0 bridgehead atoms. The van der Waals surface area contributed by atoms with Crippen LogP contribution in [0.3, 0.4) is 0 Å². The van der Waals surface area contributed by atoms with Crippen molar-refractivity contribution >= 4 is 16.8 Å². The highest BCUT2D eigenvalue weighted by Gasteiger charge is 2.22. The summed E-state index contributed by atoms with van der Waals surface area (Å²) in [5.41, 5.74) is 1.84. The van der Waals surface area contributed by atoms with Crippen molar-refractivity contribution in [3.63, 3.8) is 0 Å². The predicted octanol–water partition coefficient (Wildman–Crippen LogP) is 3.29. The van der Waals surface area contributed by atoms with E-state index < -0.39 is 0 Å². The summed E-state index contributed by atoms with van der Waals surface area (Å²) in [6.45, 7) is 1.81. The van der Waals surface area contributed by atoms with E-state index in [1.54, 1.807) is 12.1 Å². The number of nitrogens with one attached hydrogen (secondary N) is 2. The molecule has 2 aromatic rings. The Hall–Kier alpha value is -1.84. The molecule has 1 aromatic heterocycles. The molecule has 1 amide bonds. The average Bonchev–Trinajstić information content (AvgIpc) is 2.96. The first-order chi connectivity index (χ1) is 9.16. The molecule has 4 heteroatoms. The molecular weight excluding hydrogens is 243 g/mol. The lowest BCUT2D eigenvalue weighted by atomic mass is 10.1. The summed E-state index contributed by atoms with van der Waals surface area (Å²) in [5.74, 6) is -0.515. The zero-order chi connectivity index (χ0) is 13.4. The van der Waals surface area contributed by atoms with E-state index in [2.05, 4.69) is 10.3 Å². The van der Waals surface area contributed by atoms with Crippen LogP contribution < -0.4 is 5.32 Å². The molecule has 1 heterocycles. The van der Waals surface area contributed by atoms with Crippen molar-refractivity contribution in [1.29, 1.82) is 0 Å². The van der Waals surface area contributed by atoms with Crippen LogP contribution in [0, 0.1) is 12.7 Å². The molecule has 1 aliphatic carbocycles. The molecule has 0 aliphatic heterocycles. The van der Waals surface area contributed by atoms with Crippen LogP contribution in [0.1, 0.15) is 41.7 Å². The lowest BCUT2D eigenvalue weighted by Gasteiger charge is -2.12. The number of aryl methyl sites for hydroxylation is 1. The summed E-state index contributed by atoms with van der Waals surface area (Å²) >= 11 is 0. The van der Waals surface area contributed by atoms with Crippen LogP contribution >= 0.6 is 0 Å². The van der Waals surface area contributed by atoms with Gasteiger partial charge < -0.3 is 10.3 Å². The van der Waals surface area contributed by atoms with Gasteiger partial charge in [0.25, 0.3) is 5.91 Å². The van der Waals surface area contributed by atoms with Crippen LogP contribution in [-0.2, 0) is 0 Å². The van der Waals surface area contributed by atoms with Crippen molar-refractivity contribution in [1.82, 2.24) is 10.3 Å². The van der Waals surface area contributed by atoms with Crippen molar-refractivity contribution < 1.29 is 9.18 Å². The van der Waals surface area contributed by atoms with Gasteiger partial charge in [-0.1, -0.05) is 18.9 Å². The zero-order valence-electron chi connectivity index (χ0n) is 10.9. The molecule has 0 spiro atoms. The first-order valence-corrected chi connectivity index (χ1v) is 6.74. The molecule has 0 saturated heterocycles. The molecule has 0 unspecified atom stereocenters.